The van der Waals surface area contributed by atoms with Gasteiger partial charge < -0.3 is 19.5 Å². The van der Waals surface area contributed by atoms with Gasteiger partial charge in [-0.3, -0.25) is 9.97 Å². The molecule has 160 valence electrons. The Labute approximate surface area is 188 Å². The molecule has 0 unspecified atom stereocenters. The maximum atomic E-state index is 5.96. The standard InChI is InChI=1S/C24H27N5OS/c1-16-13-20(17(2)29(16)18-7-5-10-25-14-18)23-22(21-9-3-4-11-26-21)27-24(31)28(23)15-19-8-6-12-30-19/h3-5,7,9-11,13-14,19,22-23H,6,8,12,15H2,1-2H3,(H,27,31)/t19-,22+,23-/m0/s1. The molecule has 0 aliphatic carbocycles. The van der Waals surface area contributed by atoms with Crippen molar-refractivity contribution >= 4 is 17.3 Å². The number of ether oxygens (including phenoxy) is 1. The van der Waals surface area contributed by atoms with Crippen LogP contribution >= 0.6 is 12.2 Å². The number of thiocarbonyl (C=S) groups is 1. The molecular weight excluding hydrogens is 406 g/mol. The summed E-state index contributed by atoms with van der Waals surface area (Å²) in [6.07, 6.45) is 7.96. The van der Waals surface area contributed by atoms with Crippen molar-refractivity contribution in [2.75, 3.05) is 13.2 Å². The van der Waals surface area contributed by atoms with Gasteiger partial charge in [-0.15, -0.1) is 0 Å². The molecule has 7 heteroatoms. The largest absolute Gasteiger partial charge is 0.376 e. The Balaban J connectivity index is 1.59. The number of aryl methyl sites for hydroxylation is 1. The van der Waals surface area contributed by atoms with Crippen molar-refractivity contribution in [1.29, 1.82) is 0 Å². The molecule has 0 bridgehead atoms. The van der Waals surface area contributed by atoms with Gasteiger partial charge in [0.15, 0.2) is 5.11 Å². The minimum Gasteiger partial charge on any atom is -0.376 e. The van der Waals surface area contributed by atoms with Crippen LogP contribution < -0.4 is 5.32 Å². The van der Waals surface area contributed by atoms with E-state index in [9.17, 15) is 0 Å². The van der Waals surface area contributed by atoms with E-state index < -0.39 is 0 Å². The third-order valence-corrected chi connectivity index (χ3v) is 6.67. The van der Waals surface area contributed by atoms with Crippen LogP contribution in [0.15, 0.2) is 55.0 Å². The molecule has 2 aliphatic heterocycles. The van der Waals surface area contributed by atoms with Crippen LogP contribution in [0.4, 0.5) is 0 Å². The monoisotopic (exact) mass is 433 g/mol. The van der Waals surface area contributed by atoms with Crippen LogP contribution in [-0.2, 0) is 4.74 Å². The summed E-state index contributed by atoms with van der Waals surface area (Å²) in [5, 5.41) is 4.32. The smallest absolute Gasteiger partial charge is 0.170 e. The molecule has 3 aromatic rings. The van der Waals surface area contributed by atoms with E-state index in [1.165, 1.54) is 17.0 Å². The van der Waals surface area contributed by atoms with Gasteiger partial charge in [0, 0.05) is 36.9 Å². The Morgan fingerprint density at radius 2 is 2.10 bits per heavy atom. The molecule has 2 aliphatic rings. The second-order valence-corrected chi connectivity index (χ2v) is 8.67. The van der Waals surface area contributed by atoms with Gasteiger partial charge in [-0.25, -0.2) is 0 Å². The van der Waals surface area contributed by atoms with Gasteiger partial charge >= 0.3 is 0 Å². The predicted molar refractivity (Wildman–Crippen MR) is 124 cm³/mol. The molecule has 0 saturated carbocycles. The first-order valence-corrected chi connectivity index (χ1v) is 11.2. The van der Waals surface area contributed by atoms with Crippen LogP contribution in [0.1, 0.15) is 47.6 Å². The summed E-state index contributed by atoms with van der Waals surface area (Å²) in [5.41, 5.74) is 5.69. The molecule has 6 nitrogen and oxygen atoms in total. The number of hydrogen-bond donors (Lipinski definition) is 1. The van der Waals surface area contributed by atoms with Crippen molar-refractivity contribution in [3.05, 3.63) is 77.6 Å². The highest BCUT2D eigenvalue weighted by molar-refractivity contribution is 7.80. The van der Waals surface area contributed by atoms with Crippen LogP contribution in [0, 0.1) is 13.8 Å². The van der Waals surface area contributed by atoms with Crippen molar-refractivity contribution in [3.8, 4) is 5.69 Å². The molecular formula is C24H27N5OS. The highest BCUT2D eigenvalue weighted by Crippen LogP contribution is 2.41. The molecule has 0 aromatic carbocycles. The number of nitrogens with one attached hydrogen (secondary N) is 1. The minimum atomic E-state index is -0.0158. The Morgan fingerprint density at radius 1 is 1.19 bits per heavy atom. The first kappa shape index (κ1) is 20.2. The molecule has 31 heavy (non-hydrogen) atoms. The number of nitrogens with zero attached hydrogens (tertiary/aromatic N) is 4. The lowest BCUT2D eigenvalue weighted by Gasteiger charge is -2.30. The molecule has 2 saturated heterocycles. The zero-order valence-corrected chi connectivity index (χ0v) is 18.7. The zero-order chi connectivity index (χ0) is 21.4. The van der Waals surface area contributed by atoms with Crippen molar-refractivity contribution in [1.82, 2.24) is 24.8 Å². The van der Waals surface area contributed by atoms with Gasteiger partial charge in [-0.2, -0.15) is 0 Å². The highest BCUT2D eigenvalue weighted by Gasteiger charge is 2.42. The number of aromatic nitrogens is 3. The van der Waals surface area contributed by atoms with Crippen LogP contribution in [0.5, 0.6) is 0 Å². The van der Waals surface area contributed by atoms with E-state index in [1.807, 2.05) is 30.6 Å². The second kappa shape index (κ2) is 8.40. The van der Waals surface area contributed by atoms with Crippen LogP contribution in [0.25, 0.3) is 5.69 Å². The summed E-state index contributed by atoms with van der Waals surface area (Å²) in [6, 6.07) is 12.4. The van der Waals surface area contributed by atoms with Gasteiger partial charge in [0.2, 0.25) is 0 Å². The minimum absolute atomic E-state index is 0.0158. The SMILES string of the molecule is Cc1cc([C@H]2[C@@H](c3ccccn3)NC(=S)N2C[C@@H]2CCCO2)c(C)n1-c1cccnc1. The summed E-state index contributed by atoms with van der Waals surface area (Å²) in [6.45, 7) is 5.94. The van der Waals surface area contributed by atoms with Gasteiger partial charge in [-0.1, -0.05) is 6.07 Å². The molecule has 3 atom stereocenters. The fourth-order valence-corrected chi connectivity index (χ4v) is 5.23. The van der Waals surface area contributed by atoms with E-state index in [0.29, 0.717) is 0 Å². The first-order chi connectivity index (χ1) is 15.1. The van der Waals surface area contributed by atoms with E-state index in [0.717, 1.165) is 42.5 Å². The van der Waals surface area contributed by atoms with E-state index in [-0.39, 0.29) is 18.2 Å². The fourth-order valence-electron chi connectivity index (χ4n) is 4.92. The molecule has 0 amide bonds. The topological polar surface area (TPSA) is 55.2 Å². The Hall–Kier alpha value is -2.77. The summed E-state index contributed by atoms with van der Waals surface area (Å²) < 4.78 is 8.23. The maximum Gasteiger partial charge on any atom is 0.170 e. The Kier molecular flexibility index (Phi) is 5.46. The predicted octanol–water partition coefficient (Wildman–Crippen LogP) is 4.04. The number of rotatable bonds is 5. The highest BCUT2D eigenvalue weighted by atomic mass is 32.1. The molecule has 5 heterocycles. The fraction of sp³-hybridized carbons (Fsp3) is 0.375. The van der Waals surface area contributed by atoms with Crippen LogP contribution in [-0.4, -0.2) is 43.8 Å². The summed E-state index contributed by atoms with van der Waals surface area (Å²) >= 11 is 5.82. The van der Waals surface area contributed by atoms with Gasteiger partial charge in [0.05, 0.1) is 35.8 Å². The average Bonchev–Trinajstić information content (AvgIpc) is 3.49. The molecule has 2 fully saturated rings. The van der Waals surface area contributed by atoms with Crippen molar-refractivity contribution in [2.24, 2.45) is 0 Å². The average molecular weight is 434 g/mol. The third-order valence-electron chi connectivity index (χ3n) is 6.32. The molecule has 0 spiro atoms. The summed E-state index contributed by atoms with van der Waals surface area (Å²) in [5.74, 6) is 0. The van der Waals surface area contributed by atoms with Crippen LogP contribution in [0.2, 0.25) is 0 Å². The Morgan fingerprint density at radius 3 is 2.81 bits per heavy atom. The van der Waals surface area contributed by atoms with Crippen molar-refractivity contribution < 1.29 is 4.74 Å². The number of pyridine rings is 2. The van der Waals surface area contributed by atoms with E-state index >= 15 is 0 Å². The molecule has 3 aromatic heterocycles. The number of hydrogen-bond acceptors (Lipinski definition) is 4. The lowest BCUT2D eigenvalue weighted by Crippen LogP contribution is -2.36. The summed E-state index contributed by atoms with van der Waals surface area (Å²) in [7, 11) is 0. The second-order valence-electron chi connectivity index (χ2n) is 8.29. The maximum absolute atomic E-state index is 5.96. The van der Waals surface area contributed by atoms with E-state index in [2.05, 4.69) is 56.8 Å². The van der Waals surface area contributed by atoms with E-state index in [1.54, 1.807) is 6.20 Å². The van der Waals surface area contributed by atoms with Gasteiger partial charge in [0.25, 0.3) is 0 Å². The Bertz CT molecular complexity index is 1060. The first-order valence-electron chi connectivity index (χ1n) is 10.8. The third kappa shape index (κ3) is 3.72. The quantitative estimate of drug-likeness (QED) is 0.613. The van der Waals surface area contributed by atoms with Crippen LogP contribution in [0.3, 0.4) is 0 Å². The van der Waals surface area contributed by atoms with Gasteiger partial charge in [0.1, 0.15) is 0 Å². The lowest BCUT2D eigenvalue weighted by molar-refractivity contribution is 0.0842. The van der Waals surface area contributed by atoms with E-state index in [4.69, 9.17) is 17.0 Å². The normalized spacial score (nSPS) is 23.4. The lowest BCUT2D eigenvalue weighted by atomic mass is 9.96. The molecule has 0 radical (unpaired) electrons. The summed E-state index contributed by atoms with van der Waals surface area (Å²) in [4.78, 5) is 11.3. The molecule has 1 N–H and O–H groups in total. The van der Waals surface area contributed by atoms with Crippen molar-refractivity contribution in [3.63, 3.8) is 0 Å². The zero-order valence-electron chi connectivity index (χ0n) is 17.9. The molecule has 5 rings (SSSR count). The van der Waals surface area contributed by atoms with Gasteiger partial charge in [-0.05, 0) is 74.8 Å². The van der Waals surface area contributed by atoms with Crippen molar-refractivity contribution in [2.45, 2.75) is 44.9 Å².